The predicted molar refractivity (Wildman–Crippen MR) is 92.3 cm³/mol. The molecule has 0 aliphatic carbocycles. The summed E-state index contributed by atoms with van der Waals surface area (Å²) in [5.74, 6) is -0.626. The zero-order valence-electron chi connectivity index (χ0n) is 13.9. The lowest BCUT2D eigenvalue weighted by Crippen LogP contribution is -2.31. The maximum Gasteiger partial charge on any atom is 0.261 e. The summed E-state index contributed by atoms with van der Waals surface area (Å²) < 4.78 is 19.3. The van der Waals surface area contributed by atoms with Crippen molar-refractivity contribution in [2.45, 2.75) is 12.8 Å². The van der Waals surface area contributed by atoms with Crippen molar-refractivity contribution in [1.82, 2.24) is 4.90 Å². The molecular weight excluding hydrogens is 321 g/mol. The third-order valence-corrected chi connectivity index (χ3v) is 4.12. The van der Waals surface area contributed by atoms with Crippen LogP contribution in [0.4, 0.5) is 4.39 Å². The van der Waals surface area contributed by atoms with Gasteiger partial charge in [0.2, 0.25) is 0 Å². The average molecular weight is 339 g/mol. The number of rotatable bonds is 6. The van der Waals surface area contributed by atoms with Crippen LogP contribution in [0.1, 0.15) is 32.7 Å². The molecule has 0 radical (unpaired) electrons. The molecular formula is C20H18FNO3. The fraction of sp³-hybridized carbons (Fsp3) is 0.200. The fourth-order valence-corrected chi connectivity index (χ4v) is 2.82. The van der Waals surface area contributed by atoms with E-state index >= 15 is 0 Å². The Labute approximate surface area is 145 Å². The number of ether oxygens (including phenoxy) is 1. The van der Waals surface area contributed by atoms with Crippen LogP contribution in [0.3, 0.4) is 0 Å². The van der Waals surface area contributed by atoms with Gasteiger partial charge in [-0.3, -0.25) is 14.5 Å². The van der Waals surface area contributed by atoms with Crippen LogP contribution in [-0.4, -0.2) is 30.4 Å². The van der Waals surface area contributed by atoms with Crippen molar-refractivity contribution < 1.29 is 18.7 Å². The molecule has 2 aromatic carbocycles. The third-order valence-electron chi connectivity index (χ3n) is 4.12. The number of benzene rings is 2. The molecule has 0 aromatic heterocycles. The van der Waals surface area contributed by atoms with Crippen molar-refractivity contribution in [1.29, 1.82) is 0 Å². The van der Waals surface area contributed by atoms with E-state index in [9.17, 15) is 14.0 Å². The second-order valence-corrected chi connectivity index (χ2v) is 5.78. The highest BCUT2D eigenvalue weighted by Gasteiger charge is 2.35. The molecule has 0 bridgehead atoms. The first-order valence-electron chi connectivity index (χ1n) is 8.03. The molecule has 1 heterocycles. The number of amides is 2. The highest BCUT2D eigenvalue weighted by Crippen LogP contribution is 2.23. The molecule has 0 saturated carbocycles. The van der Waals surface area contributed by atoms with E-state index in [0.717, 1.165) is 16.2 Å². The summed E-state index contributed by atoms with van der Waals surface area (Å²) in [7, 11) is 1.60. The van der Waals surface area contributed by atoms with Gasteiger partial charge in [0.05, 0.1) is 24.8 Å². The molecule has 0 N–H and O–H groups in total. The molecule has 25 heavy (non-hydrogen) atoms. The van der Waals surface area contributed by atoms with Crippen LogP contribution in [0, 0.1) is 0 Å². The monoisotopic (exact) mass is 339 g/mol. The quantitative estimate of drug-likeness (QED) is 0.753. The molecule has 2 aromatic rings. The Bertz CT molecular complexity index is 809. The lowest BCUT2D eigenvalue weighted by atomic mass is 10.1. The Hall–Kier alpha value is -2.95. The number of fused-ring (bicyclic) bond motifs is 1. The second-order valence-electron chi connectivity index (χ2n) is 5.78. The number of carbonyl (C=O) groups excluding carboxylic acids is 2. The lowest BCUT2D eigenvalue weighted by Gasteiger charge is -2.12. The molecule has 0 unspecified atom stereocenters. The first-order chi connectivity index (χ1) is 12.1. The van der Waals surface area contributed by atoms with Gasteiger partial charge in [-0.1, -0.05) is 30.3 Å². The van der Waals surface area contributed by atoms with Crippen LogP contribution in [0.15, 0.2) is 60.4 Å². The van der Waals surface area contributed by atoms with Crippen LogP contribution in [0.2, 0.25) is 0 Å². The number of methoxy groups -OCH3 is 1. The number of hydrogen-bond acceptors (Lipinski definition) is 3. The van der Waals surface area contributed by atoms with Gasteiger partial charge in [-0.2, -0.15) is 0 Å². The van der Waals surface area contributed by atoms with E-state index in [4.69, 9.17) is 4.74 Å². The molecule has 1 aliphatic heterocycles. The first-order valence-corrected chi connectivity index (χ1v) is 8.03. The van der Waals surface area contributed by atoms with Gasteiger partial charge in [0.15, 0.2) is 0 Å². The maximum absolute atomic E-state index is 14.2. The minimum absolute atomic E-state index is 0.329. The van der Waals surface area contributed by atoms with Crippen LogP contribution in [0.5, 0.6) is 5.75 Å². The summed E-state index contributed by atoms with van der Waals surface area (Å²) >= 11 is 0. The van der Waals surface area contributed by atoms with Crippen molar-refractivity contribution in [2.24, 2.45) is 0 Å². The lowest BCUT2D eigenvalue weighted by molar-refractivity contribution is 0.0660. The molecule has 128 valence electrons. The molecule has 1 aliphatic rings. The van der Waals surface area contributed by atoms with Gasteiger partial charge in [-0.05, 0) is 42.7 Å². The van der Waals surface area contributed by atoms with Crippen molar-refractivity contribution in [3.05, 3.63) is 77.1 Å². The van der Waals surface area contributed by atoms with Gasteiger partial charge >= 0.3 is 0 Å². The van der Waals surface area contributed by atoms with E-state index in [1.807, 2.05) is 24.3 Å². The Morgan fingerprint density at radius 1 is 1.08 bits per heavy atom. The van der Waals surface area contributed by atoms with Crippen molar-refractivity contribution in [2.75, 3.05) is 13.7 Å². The van der Waals surface area contributed by atoms with Gasteiger partial charge in [-0.25, -0.2) is 4.39 Å². The summed E-state index contributed by atoms with van der Waals surface area (Å²) in [6.07, 6.45) is 2.54. The minimum Gasteiger partial charge on any atom is -0.497 e. The molecule has 5 heteroatoms. The number of aryl methyl sites for hydroxylation is 1. The Morgan fingerprint density at radius 2 is 1.76 bits per heavy atom. The van der Waals surface area contributed by atoms with Crippen LogP contribution >= 0.6 is 0 Å². The number of carbonyl (C=O) groups is 2. The normalized spacial score (nSPS) is 14.0. The standard InChI is InChI=1S/C20H18FNO3/c1-25-16-9-5-7-14(12-16)6-4-8-15(21)13-22-19(23)17-10-2-3-11-18(17)20(22)24/h2-3,5,7-12H,4,6,13H2,1H3/b15-8-. The smallest absolute Gasteiger partial charge is 0.261 e. The molecule has 2 amide bonds. The number of hydrogen-bond donors (Lipinski definition) is 0. The van der Waals surface area contributed by atoms with Gasteiger partial charge in [-0.15, -0.1) is 0 Å². The van der Waals surface area contributed by atoms with E-state index in [0.29, 0.717) is 24.0 Å². The van der Waals surface area contributed by atoms with Gasteiger partial charge < -0.3 is 4.74 Å². The average Bonchev–Trinajstić information content (AvgIpc) is 2.87. The first kappa shape index (κ1) is 16.9. The Balaban J connectivity index is 1.61. The number of allylic oxidation sites excluding steroid dienone is 1. The SMILES string of the molecule is COc1cccc(CC/C=C(\F)CN2C(=O)c3ccccc3C2=O)c1. The van der Waals surface area contributed by atoms with E-state index in [2.05, 4.69) is 0 Å². The van der Waals surface area contributed by atoms with Crippen LogP contribution in [-0.2, 0) is 6.42 Å². The molecule has 3 rings (SSSR count). The third kappa shape index (κ3) is 3.60. The Morgan fingerprint density at radius 3 is 2.40 bits per heavy atom. The van der Waals surface area contributed by atoms with Crippen molar-refractivity contribution in [3.8, 4) is 5.75 Å². The summed E-state index contributed by atoms with van der Waals surface area (Å²) in [5.41, 5.74) is 1.69. The largest absolute Gasteiger partial charge is 0.497 e. The highest BCUT2D eigenvalue weighted by molar-refractivity contribution is 6.21. The molecule has 0 fully saturated rings. The molecule has 0 saturated heterocycles. The van der Waals surface area contributed by atoms with Crippen LogP contribution < -0.4 is 4.74 Å². The predicted octanol–water partition coefficient (Wildman–Crippen LogP) is 3.78. The van der Waals surface area contributed by atoms with Gasteiger partial charge in [0.25, 0.3) is 11.8 Å². The Kier molecular flexibility index (Phi) is 4.93. The summed E-state index contributed by atoms with van der Waals surface area (Å²) in [4.78, 5) is 25.4. The van der Waals surface area contributed by atoms with Gasteiger partial charge in [0, 0.05) is 0 Å². The van der Waals surface area contributed by atoms with Gasteiger partial charge in [0.1, 0.15) is 11.6 Å². The summed E-state index contributed by atoms with van der Waals surface area (Å²) in [5, 5.41) is 0. The molecule has 4 nitrogen and oxygen atoms in total. The summed E-state index contributed by atoms with van der Waals surface area (Å²) in [6, 6.07) is 14.1. The van der Waals surface area contributed by atoms with E-state index in [-0.39, 0.29) is 6.54 Å². The fourth-order valence-electron chi connectivity index (χ4n) is 2.82. The summed E-state index contributed by atoms with van der Waals surface area (Å²) in [6.45, 7) is -0.329. The van der Waals surface area contributed by atoms with E-state index in [1.165, 1.54) is 6.08 Å². The zero-order chi connectivity index (χ0) is 17.8. The topological polar surface area (TPSA) is 46.6 Å². The highest BCUT2D eigenvalue weighted by atomic mass is 19.1. The number of imide groups is 1. The second kappa shape index (κ2) is 7.30. The zero-order valence-corrected chi connectivity index (χ0v) is 13.9. The van der Waals surface area contributed by atoms with E-state index in [1.54, 1.807) is 31.4 Å². The minimum atomic E-state index is -0.489. The molecule has 0 spiro atoms. The van der Waals surface area contributed by atoms with Crippen molar-refractivity contribution >= 4 is 11.8 Å². The van der Waals surface area contributed by atoms with Crippen molar-refractivity contribution in [3.63, 3.8) is 0 Å². The molecule has 0 atom stereocenters. The van der Waals surface area contributed by atoms with E-state index < -0.39 is 17.6 Å². The number of halogens is 1. The number of nitrogens with zero attached hydrogens (tertiary/aromatic N) is 1. The van der Waals surface area contributed by atoms with Crippen LogP contribution in [0.25, 0.3) is 0 Å². The maximum atomic E-state index is 14.2.